The number of rotatable bonds is 5. The van der Waals surface area contributed by atoms with Gasteiger partial charge in [-0.3, -0.25) is 0 Å². The maximum Gasteiger partial charge on any atom is 0.0843 e. The van der Waals surface area contributed by atoms with Crippen molar-refractivity contribution in [3.63, 3.8) is 0 Å². The first-order valence-corrected chi connectivity index (χ1v) is 6.85. The molecule has 80 valence electrons. The molecule has 14 heavy (non-hydrogen) atoms. The number of halogens is 2. The standard InChI is InChI=1S/C9H13Br2NOS/c1-2-6(5-13)12-4-7-3-8(10)9(11)14-7/h3,6,12-13H,2,4-5H2,1H3/t6-/m1/s1. The molecule has 0 bridgehead atoms. The summed E-state index contributed by atoms with van der Waals surface area (Å²) in [6, 6.07) is 2.29. The predicted molar refractivity (Wildman–Crippen MR) is 67.7 cm³/mol. The van der Waals surface area contributed by atoms with Crippen LogP contribution in [0.3, 0.4) is 0 Å². The van der Waals surface area contributed by atoms with Crippen molar-refractivity contribution in [3.05, 3.63) is 19.2 Å². The molecule has 1 atom stereocenters. The molecule has 0 radical (unpaired) electrons. The Kier molecular flexibility index (Phi) is 5.62. The minimum atomic E-state index is 0.199. The van der Waals surface area contributed by atoms with Crippen molar-refractivity contribution in [2.75, 3.05) is 6.61 Å². The van der Waals surface area contributed by atoms with Gasteiger partial charge in [-0.1, -0.05) is 6.92 Å². The van der Waals surface area contributed by atoms with Crippen molar-refractivity contribution in [3.8, 4) is 0 Å². The highest BCUT2D eigenvalue weighted by molar-refractivity contribution is 9.13. The molecule has 0 aliphatic carbocycles. The zero-order chi connectivity index (χ0) is 10.6. The molecule has 0 aliphatic rings. The molecule has 5 heteroatoms. The van der Waals surface area contributed by atoms with Gasteiger partial charge >= 0.3 is 0 Å². The SMILES string of the molecule is CC[C@H](CO)NCc1cc(Br)c(Br)s1. The lowest BCUT2D eigenvalue weighted by molar-refractivity contribution is 0.238. The molecule has 1 aromatic heterocycles. The Morgan fingerprint density at radius 2 is 2.29 bits per heavy atom. The summed E-state index contributed by atoms with van der Waals surface area (Å²) in [5.74, 6) is 0. The zero-order valence-electron chi connectivity index (χ0n) is 7.89. The van der Waals surface area contributed by atoms with Crippen LogP contribution in [0.4, 0.5) is 0 Å². The number of aliphatic hydroxyl groups is 1. The lowest BCUT2D eigenvalue weighted by Crippen LogP contribution is -2.30. The van der Waals surface area contributed by atoms with Crippen molar-refractivity contribution in [1.29, 1.82) is 0 Å². The van der Waals surface area contributed by atoms with E-state index in [0.29, 0.717) is 0 Å². The Morgan fingerprint density at radius 1 is 1.57 bits per heavy atom. The average molecular weight is 343 g/mol. The molecule has 2 N–H and O–H groups in total. The second kappa shape index (κ2) is 6.23. The van der Waals surface area contributed by atoms with Gasteiger partial charge in [-0.15, -0.1) is 11.3 Å². The van der Waals surface area contributed by atoms with Gasteiger partial charge in [0, 0.05) is 21.9 Å². The fraction of sp³-hybridized carbons (Fsp3) is 0.556. The van der Waals surface area contributed by atoms with E-state index in [4.69, 9.17) is 5.11 Å². The molecular weight excluding hydrogens is 330 g/mol. The van der Waals surface area contributed by atoms with Gasteiger partial charge in [-0.25, -0.2) is 0 Å². The van der Waals surface area contributed by atoms with Crippen LogP contribution in [0.25, 0.3) is 0 Å². The van der Waals surface area contributed by atoms with Gasteiger partial charge in [0.15, 0.2) is 0 Å². The van der Waals surface area contributed by atoms with Gasteiger partial charge < -0.3 is 10.4 Å². The normalized spacial score (nSPS) is 13.1. The van der Waals surface area contributed by atoms with Crippen LogP contribution in [0, 0.1) is 0 Å². The Balaban J connectivity index is 2.45. The Hall–Kier alpha value is 0.580. The molecule has 0 saturated heterocycles. The monoisotopic (exact) mass is 341 g/mol. The summed E-state index contributed by atoms with van der Waals surface area (Å²) in [6.45, 7) is 3.08. The van der Waals surface area contributed by atoms with E-state index in [9.17, 15) is 0 Å². The van der Waals surface area contributed by atoms with Crippen LogP contribution in [-0.4, -0.2) is 17.8 Å². The third-order valence-electron chi connectivity index (χ3n) is 1.97. The largest absolute Gasteiger partial charge is 0.395 e. The number of nitrogens with one attached hydrogen (secondary N) is 1. The average Bonchev–Trinajstić information content (AvgIpc) is 2.48. The van der Waals surface area contributed by atoms with E-state index in [1.54, 1.807) is 11.3 Å². The summed E-state index contributed by atoms with van der Waals surface area (Å²) in [5, 5.41) is 12.3. The van der Waals surface area contributed by atoms with Crippen molar-refractivity contribution in [1.82, 2.24) is 5.32 Å². The maximum atomic E-state index is 8.99. The van der Waals surface area contributed by atoms with E-state index in [-0.39, 0.29) is 12.6 Å². The lowest BCUT2D eigenvalue weighted by atomic mass is 10.2. The summed E-state index contributed by atoms with van der Waals surface area (Å²) < 4.78 is 2.21. The highest BCUT2D eigenvalue weighted by Crippen LogP contribution is 2.32. The molecule has 1 aromatic rings. The van der Waals surface area contributed by atoms with Crippen molar-refractivity contribution >= 4 is 43.2 Å². The molecule has 0 saturated carbocycles. The zero-order valence-corrected chi connectivity index (χ0v) is 11.9. The lowest BCUT2D eigenvalue weighted by Gasteiger charge is -2.12. The summed E-state index contributed by atoms with van der Waals surface area (Å²) >= 11 is 8.60. The molecule has 1 rings (SSSR count). The summed E-state index contributed by atoms with van der Waals surface area (Å²) in [6.07, 6.45) is 0.949. The van der Waals surface area contributed by atoms with Crippen molar-refractivity contribution in [2.45, 2.75) is 25.9 Å². The minimum Gasteiger partial charge on any atom is -0.395 e. The van der Waals surface area contributed by atoms with Crippen LogP contribution >= 0.6 is 43.2 Å². The molecule has 0 unspecified atom stereocenters. The topological polar surface area (TPSA) is 32.3 Å². The third-order valence-corrected chi connectivity index (χ3v) is 5.23. The smallest absolute Gasteiger partial charge is 0.0843 e. The number of hydrogen-bond donors (Lipinski definition) is 2. The van der Waals surface area contributed by atoms with E-state index in [0.717, 1.165) is 21.2 Å². The first kappa shape index (κ1) is 12.6. The second-order valence-corrected chi connectivity index (χ2v) is 6.31. The fourth-order valence-corrected chi connectivity index (χ4v) is 3.19. The molecule has 0 aromatic carbocycles. The van der Waals surface area contributed by atoms with Gasteiger partial charge in [0.25, 0.3) is 0 Å². The summed E-state index contributed by atoms with van der Waals surface area (Å²) in [5.41, 5.74) is 0. The van der Waals surface area contributed by atoms with Crippen LogP contribution in [0.2, 0.25) is 0 Å². The molecule has 0 aliphatic heterocycles. The van der Waals surface area contributed by atoms with Gasteiger partial charge in [-0.05, 0) is 44.3 Å². The van der Waals surface area contributed by atoms with Gasteiger partial charge in [0.05, 0.1) is 10.4 Å². The first-order valence-electron chi connectivity index (χ1n) is 4.45. The van der Waals surface area contributed by atoms with Crippen LogP contribution in [0.1, 0.15) is 18.2 Å². The van der Waals surface area contributed by atoms with Crippen molar-refractivity contribution < 1.29 is 5.11 Å². The third kappa shape index (κ3) is 3.62. The van der Waals surface area contributed by atoms with Gasteiger partial charge in [-0.2, -0.15) is 0 Å². The van der Waals surface area contributed by atoms with Crippen LogP contribution in [0.5, 0.6) is 0 Å². The summed E-state index contributed by atoms with van der Waals surface area (Å²) in [7, 11) is 0. The Bertz CT molecular complexity index is 267. The fourth-order valence-electron chi connectivity index (χ4n) is 1.06. The number of thiophene rings is 1. The number of aliphatic hydroxyl groups excluding tert-OH is 1. The minimum absolute atomic E-state index is 0.199. The second-order valence-electron chi connectivity index (χ2n) is 3.00. The predicted octanol–water partition coefficient (Wildman–Crippen LogP) is 3.13. The van der Waals surface area contributed by atoms with Crippen LogP contribution in [0.15, 0.2) is 14.3 Å². The molecule has 0 fully saturated rings. The molecule has 2 nitrogen and oxygen atoms in total. The molecule has 1 heterocycles. The quantitative estimate of drug-likeness (QED) is 0.861. The number of hydrogen-bond acceptors (Lipinski definition) is 3. The van der Waals surface area contributed by atoms with Gasteiger partial charge in [0.2, 0.25) is 0 Å². The highest BCUT2D eigenvalue weighted by Gasteiger charge is 2.07. The van der Waals surface area contributed by atoms with E-state index < -0.39 is 0 Å². The first-order chi connectivity index (χ1) is 6.67. The Morgan fingerprint density at radius 3 is 2.71 bits per heavy atom. The molecule has 0 amide bonds. The van der Waals surface area contributed by atoms with Crippen LogP contribution in [-0.2, 0) is 6.54 Å². The van der Waals surface area contributed by atoms with E-state index in [1.165, 1.54) is 4.88 Å². The van der Waals surface area contributed by atoms with E-state index in [2.05, 4.69) is 50.2 Å². The maximum absolute atomic E-state index is 8.99. The van der Waals surface area contributed by atoms with Crippen LogP contribution < -0.4 is 5.32 Å². The molecular formula is C9H13Br2NOS. The summed E-state index contributed by atoms with van der Waals surface area (Å²) in [4.78, 5) is 1.26. The highest BCUT2D eigenvalue weighted by atomic mass is 79.9. The Labute approximate surface area is 105 Å². The van der Waals surface area contributed by atoms with Crippen molar-refractivity contribution in [2.24, 2.45) is 0 Å². The van der Waals surface area contributed by atoms with Gasteiger partial charge in [0.1, 0.15) is 0 Å². The van der Waals surface area contributed by atoms with E-state index >= 15 is 0 Å². The molecule has 0 spiro atoms. The van der Waals surface area contributed by atoms with E-state index in [1.807, 2.05) is 0 Å².